The van der Waals surface area contributed by atoms with E-state index < -0.39 is 14.6 Å². The molecule has 0 unspecified atom stereocenters. The molecule has 1 aromatic carbocycles. The molecule has 1 saturated heterocycles. The van der Waals surface area contributed by atoms with Crippen molar-refractivity contribution in [3.05, 3.63) is 54.1 Å². The van der Waals surface area contributed by atoms with Crippen LogP contribution in [0.25, 0.3) is 0 Å². The molecule has 7 nitrogen and oxygen atoms in total. The van der Waals surface area contributed by atoms with Crippen LogP contribution < -0.4 is 5.32 Å². The van der Waals surface area contributed by atoms with Gasteiger partial charge in [-0.25, -0.2) is 13.4 Å². The number of benzene rings is 1. The number of imidazole rings is 1. The molecule has 154 valence electrons. The zero-order chi connectivity index (χ0) is 19.5. The minimum Gasteiger partial charge on any atom is -0.352 e. The van der Waals surface area contributed by atoms with Crippen molar-refractivity contribution in [2.45, 2.75) is 31.7 Å². The summed E-state index contributed by atoms with van der Waals surface area (Å²) < 4.78 is 25.7. The van der Waals surface area contributed by atoms with Gasteiger partial charge in [-0.3, -0.25) is 4.99 Å². The molecule has 0 aliphatic carbocycles. The van der Waals surface area contributed by atoms with Gasteiger partial charge in [0.05, 0.1) is 16.8 Å². The minimum absolute atomic E-state index is 0. The van der Waals surface area contributed by atoms with Crippen molar-refractivity contribution in [1.29, 1.82) is 0 Å². The van der Waals surface area contributed by atoms with Crippen molar-refractivity contribution in [3.63, 3.8) is 0 Å². The van der Waals surface area contributed by atoms with Gasteiger partial charge in [-0.2, -0.15) is 0 Å². The predicted octanol–water partition coefficient (Wildman–Crippen LogP) is 2.13. The number of rotatable bonds is 4. The van der Waals surface area contributed by atoms with Crippen LogP contribution in [0.4, 0.5) is 0 Å². The van der Waals surface area contributed by atoms with Crippen LogP contribution in [0.3, 0.4) is 0 Å². The second kappa shape index (κ2) is 9.25. The Morgan fingerprint density at radius 1 is 1.32 bits per heavy atom. The van der Waals surface area contributed by atoms with Crippen molar-refractivity contribution in [1.82, 2.24) is 19.8 Å². The first-order chi connectivity index (χ1) is 12.8. The number of hydrogen-bond donors (Lipinski definition) is 1. The lowest BCUT2D eigenvalue weighted by atomic mass is 10.1. The molecule has 0 spiro atoms. The lowest BCUT2D eigenvalue weighted by Crippen LogP contribution is -2.57. The van der Waals surface area contributed by atoms with Gasteiger partial charge in [0.15, 0.2) is 15.8 Å². The van der Waals surface area contributed by atoms with Gasteiger partial charge in [0.1, 0.15) is 0 Å². The molecule has 2 aromatic rings. The molecule has 0 saturated carbocycles. The molecular formula is C19H28IN5O2S. The maximum Gasteiger partial charge on any atom is 0.193 e. The molecule has 1 N–H and O–H groups in total. The standard InChI is InChI=1S/C19H27N5O2S.HI/c1-19(2)14-24(9-10-27(19,25)26)18(20-3)22-12-16-5-4-6-17(11-16)13-23-8-7-21-15-23;/h4-8,11,15H,9-10,12-14H2,1-3H3,(H,20,22);1H. The summed E-state index contributed by atoms with van der Waals surface area (Å²) >= 11 is 0. The molecule has 28 heavy (non-hydrogen) atoms. The van der Waals surface area contributed by atoms with E-state index >= 15 is 0 Å². The fraction of sp³-hybridized carbons (Fsp3) is 0.474. The molecule has 2 heterocycles. The number of aliphatic imine (C=N–C) groups is 1. The highest BCUT2D eigenvalue weighted by atomic mass is 127. The highest BCUT2D eigenvalue weighted by Crippen LogP contribution is 2.23. The monoisotopic (exact) mass is 517 g/mol. The SMILES string of the molecule is CN=C(NCc1cccc(Cn2ccnc2)c1)N1CCS(=O)(=O)C(C)(C)C1.I. The third kappa shape index (κ3) is 5.25. The number of aromatic nitrogens is 2. The highest BCUT2D eigenvalue weighted by molar-refractivity contribution is 14.0. The van der Waals surface area contributed by atoms with Crippen molar-refractivity contribution < 1.29 is 8.42 Å². The van der Waals surface area contributed by atoms with E-state index in [2.05, 4.69) is 33.5 Å². The topological polar surface area (TPSA) is 79.6 Å². The molecule has 0 radical (unpaired) electrons. The van der Waals surface area contributed by atoms with Crippen molar-refractivity contribution >= 4 is 39.8 Å². The Labute approximate surface area is 184 Å². The average molecular weight is 517 g/mol. The number of nitrogens with zero attached hydrogens (tertiary/aromatic N) is 4. The largest absolute Gasteiger partial charge is 0.352 e. The fourth-order valence-electron chi connectivity index (χ4n) is 3.27. The van der Waals surface area contributed by atoms with Crippen molar-refractivity contribution in [2.24, 2.45) is 4.99 Å². The van der Waals surface area contributed by atoms with E-state index in [1.165, 1.54) is 5.56 Å². The first-order valence-electron chi connectivity index (χ1n) is 9.02. The summed E-state index contributed by atoms with van der Waals surface area (Å²) in [6.45, 7) is 5.87. The van der Waals surface area contributed by atoms with E-state index in [4.69, 9.17) is 0 Å². The zero-order valence-electron chi connectivity index (χ0n) is 16.5. The van der Waals surface area contributed by atoms with Crippen LogP contribution in [0.15, 0.2) is 48.0 Å². The van der Waals surface area contributed by atoms with Crippen LogP contribution in [0.2, 0.25) is 0 Å². The average Bonchev–Trinajstić information content (AvgIpc) is 3.12. The summed E-state index contributed by atoms with van der Waals surface area (Å²) in [6.07, 6.45) is 5.52. The van der Waals surface area contributed by atoms with Crippen LogP contribution in [-0.2, 0) is 22.9 Å². The first kappa shape index (κ1) is 22.7. The van der Waals surface area contributed by atoms with Gasteiger partial charge in [0, 0.05) is 45.6 Å². The molecule has 1 aliphatic heterocycles. The quantitative estimate of drug-likeness (QED) is 0.382. The summed E-state index contributed by atoms with van der Waals surface area (Å²) in [5.41, 5.74) is 2.35. The Balaban J connectivity index is 0.00000280. The molecular weight excluding hydrogens is 489 g/mol. The van der Waals surface area contributed by atoms with Gasteiger partial charge in [-0.15, -0.1) is 24.0 Å². The highest BCUT2D eigenvalue weighted by Gasteiger charge is 2.40. The van der Waals surface area contributed by atoms with Crippen LogP contribution in [0, 0.1) is 0 Å². The second-order valence-electron chi connectivity index (χ2n) is 7.46. The predicted molar refractivity (Wildman–Crippen MR) is 123 cm³/mol. The van der Waals surface area contributed by atoms with Gasteiger partial charge < -0.3 is 14.8 Å². The third-order valence-electron chi connectivity index (χ3n) is 4.92. The molecule has 0 atom stereocenters. The van der Waals surface area contributed by atoms with E-state index in [0.717, 1.165) is 18.1 Å². The second-order valence-corrected chi connectivity index (χ2v) is 10.2. The zero-order valence-corrected chi connectivity index (χ0v) is 19.6. The van der Waals surface area contributed by atoms with E-state index in [1.54, 1.807) is 33.4 Å². The number of guanidine groups is 1. The van der Waals surface area contributed by atoms with E-state index in [9.17, 15) is 8.42 Å². The van der Waals surface area contributed by atoms with Crippen molar-refractivity contribution in [2.75, 3.05) is 25.9 Å². The summed E-state index contributed by atoms with van der Waals surface area (Å²) in [5.74, 6) is 0.888. The lowest BCUT2D eigenvalue weighted by molar-refractivity contribution is 0.353. The minimum atomic E-state index is -3.07. The molecule has 1 fully saturated rings. The summed E-state index contributed by atoms with van der Waals surface area (Å²) in [7, 11) is -1.34. The maximum atomic E-state index is 12.2. The summed E-state index contributed by atoms with van der Waals surface area (Å²) in [4.78, 5) is 10.4. The first-order valence-corrected chi connectivity index (χ1v) is 10.7. The molecule has 9 heteroatoms. The summed E-state index contributed by atoms with van der Waals surface area (Å²) in [5, 5.41) is 3.37. The molecule has 0 amide bonds. The lowest BCUT2D eigenvalue weighted by Gasteiger charge is -2.39. The fourth-order valence-corrected chi connectivity index (χ4v) is 4.63. The Morgan fingerprint density at radius 3 is 2.71 bits per heavy atom. The number of halogens is 1. The van der Waals surface area contributed by atoms with E-state index in [-0.39, 0.29) is 29.7 Å². The molecule has 0 bridgehead atoms. The summed E-state index contributed by atoms with van der Waals surface area (Å²) in [6, 6.07) is 8.37. The Morgan fingerprint density at radius 2 is 2.07 bits per heavy atom. The van der Waals surface area contributed by atoms with E-state index in [1.807, 2.05) is 21.7 Å². The van der Waals surface area contributed by atoms with Crippen LogP contribution >= 0.6 is 24.0 Å². The maximum absolute atomic E-state index is 12.2. The van der Waals surface area contributed by atoms with Crippen molar-refractivity contribution in [3.8, 4) is 0 Å². The Bertz CT molecular complexity index is 910. The van der Waals surface area contributed by atoms with Crippen LogP contribution in [0.5, 0.6) is 0 Å². The van der Waals surface area contributed by atoms with E-state index in [0.29, 0.717) is 19.6 Å². The Hall–Kier alpha value is -1.62. The van der Waals surface area contributed by atoms with Crippen LogP contribution in [0.1, 0.15) is 25.0 Å². The molecule has 1 aromatic heterocycles. The Kier molecular flexibility index (Phi) is 7.49. The smallest absolute Gasteiger partial charge is 0.193 e. The number of hydrogen-bond acceptors (Lipinski definition) is 4. The van der Waals surface area contributed by atoms with Gasteiger partial charge in [-0.05, 0) is 25.0 Å². The number of sulfone groups is 1. The molecule has 3 rings (SSSR count). The number of nitrogens with one attached hydrogen (secondary N) is 1. The van der Waals surface area contributed by atoms with Gasteiger partial charge in [0.2, 0.25) is 0 Å². The van der Waals surface area contributed by atoms with Gasteiger partial charge in [0.25, 0.3) is 0 Å². The van der Waals surface area contributed by atoms with Gasteiger partial charge in [-0.1, -0.05) is 24.3 Å². The normalized spacial score (nSPS) is 18.4. The molecule has 1 aliphatic rings. The van der Waals surface area contributed by atoms with Crippen LogP contribution in [-0.4, -0.2) is 59.5 Å². The third-order valence-corrected chi connectivity index (χ3v) is 7.45. The van der Waals surface area contributed by atoms with Gasteiger partial charge >= 0.3 is 0 Å².